The Balaban J connectivity index is 0.689. The van der Waals surface area contributed by atoms with Crippen molar-refractivity contribution in [1.29, 1.82) is 0 Å². The molecule has 104 heavy (non-hydrogen) atoms. The van der Waals surface area contributed by atoms with Crippen LogP contribution >= 0.6 is 23.2 Å². The predicted molar refractivity (Wildman–Crippen MR) is 344 cm³/mol. The molecule has 35 atom stereocenters. The van der Waals surface area contributed by atoms with Crippen molar-refractivity contribution in [2.45, 2.75) is 301 Å². The second kappa shape index (κ2) is 31.7. The van der Waals surface area contributed by atoms with Crippen LogP contribution in [0.25, 0.3) is 0 Å². The van der Waals surface area contributed by atoms with E-state index in [1.807, 2.05) is 0 Å². The molecule has 11 fully saturated rings. The van der Waals surface area contributed by atoms with Crippen molar-refractivity contribution in [3.8, 4) is 11.5 Å². The number of methoxy groups -OCH3 is 7. The van der Waals surface area contributed by atoms with Crippen molar-refractivity contribution >= 4 is 29.2 Å². The van der Waals surface area contributed by atoms with E-state index in [4.69, 9.17) is 151 Å². The molecule has 11 aliphatic heterocycles. The number of phenols is 1. The van der Waals surface area contributed by atoms with Crippen molar-refractivity contribution in [2.24, 2.45) is 0 Å². The third kappa shape index (κ3) is 14.7. The second-order valence-electron chi connectivity index (χ2n) is 28.7. The molecule has 35 unspecified atom stereocenters. The van der Waals surface area contributed by atoms with Gasteiger partial charge >= 0.3 is 11.9 Å². The molecule has 0 aliphatic carbocycles. The molecule has 0 aromatic heterocycles. The number of nitrogens with zero attached hydrogens (tertiary/aromatic N) is 1. The number of carbonyl (C=O) groups excluding carboxylic acids is 1. The molecule has 1 aromatic rings. The lowest BCUT2D eigenvalue weighted by molar-refractivity contribution is -0.595. The van der Waals surface area contributed by atoms with Gasteiger partial charge in [0.2, 0.25) is 0 Å². The monoisotopic (exact) mass is 1540 g/mol. The summed E-state index contributed by atoms with van der Waals surface area (Å²) in [5.74, 6) is -5.40. The minimum atomic E-state index is -1.86. The van der Waals surface area contributed by atoms with Crippen LogP contribution in [0.4, 0.5) is 0 Å². The molecule has 5 N–H and O–H groups in total. The van der Waals surface area contributed by atoms with Crippen LogP contribution in [0.1, 0.15) is 97.0 Å². The Morgan fingerprint density at radius 3 is 2.00 bits per heavy atom. The van der Waals surface area contributed by atoms with E-state index in [-0.39, 0.29) is 79.2 Å². The average molecular weight is 1540 g/mol. The second-order valence-corrected chi connectivity index (χ2v) is 29.5. The van der Waals surface area contributed by atoms with Crippen LogP contribution in [0.15, 0.2) is 0 Å². The van der Waals surface area contributed by atoms with Crippen molar-refractivity contribution in [3.05, 3.63) is 31.3 Å². The molecule has 11 saturated heterocycles. The summed E-state index contributed by atoms with van der Waals surface area (Å²) in [6.45, 7) is 13.9. The quantitative estimate of drug-likeness (QED) is 0.0627. The zero-order valence-corrected chi connectivity index (χ0v) is 62.2. The third-order valence-electron chi connectivity index (χ3n) is 22.0. The highest BCUT2D eigenvalue weighted by Crippen LogP contribution is 2.53. The van der Waals surface area contributed by atoms with Gasteiger partial charge in [0.1, 0.15) is 114 Å². The Kier molecular flexibility index (Phi) is 24.6. The largest absolute Gasteiger partial charge is 0.505 e. The van der Waals surface area contributed by atoms with Crippen LogP contribution in [0.3, 0.4) is 0 Å². The molecule has 0 bridgehead atoms. The minimum Gasteiger partial charge on any atom is -0.505 e. The smallest absolute Gasteiger partial charge is 0.342 e. The molecule has 12 rings (SSSR count). The lowest BCUT2D eigenvalue weighted by Crippen LogP contribution is -2.69. The molecule has 0 saturated carbocycles. The number of ether oxygens (including phenoxy) is 27. The number of hydrogen-bond acceptors (Lipinski definition) is 35. The van der Waals surface area contributed by atoms with Gasteiger partial charge in [-0.05, 0) is 61.0 Å². The van der Waals surface area contributed by atoms with Gasteiger partial charge in [0.15, 0.2) is 67.6 Å². The number of benzene rings is 1. The van der Waals surface area contributed by atoms with E-state index in [2.05, 4.69) is 0 Å². The molecule has 38 heteroatoms. The van der Waals surface area contributed by atoms with Gasteiger partial charge in [-0.2, -0.15) is 0 Å². The Hall–Kier alpha value is -2.89. The summed E-state index contributed by atoms with van der Waals surface area (Å²) in [4.78, 5) is 26.5. The summed E-state index contributed by atoms with van der Waals surface area (Å²) in [6.07, 6.45) is -33.8. The van der Waals surface area contributed by atoms with E-state index in [0.717, 1.165) is 0 Å². The number of aliphatic hydroxyl groups excluding tert-OH is 3. The predicted octanol–water partition coefficient (Wildman–Crippen LogP) is 1.77. The van der Waals surface area contributed by atoms with Crippen molar-refractivity contribution < 1.29 is 163 Å². The maximum absolute atomic E-state index is 14.3. The van der Waals surface area contributed by atoms with Crippen LogP contribution in [0.2, 0.25) is 10.0 Å². The Morgan fingerprint density at radius 1 is 0.663 bits per heavy atom. The van der Waals surface area contributed by atoms with E-state index in [1.54, 1.807) is 48.5 Å². The normalized spacial score (nSPS) is 48.3. The van der Waals surface area contributed by atoms with Crippen LogP contribution in [0.5, 0.6) is 11.5 Å². The number of esters is 1. The first-order chi connectivity index (χ1) is 49.3. The summed E-state index contributed by atoms with van der Waals surface area (Å²) in [7, 11) is 9.67. The van der Waals surface area contributed by atoms with Gasteiger partial charge in [0.05, 0.1) is 87.5 Å². The van der Waals surface area contributed by atoms with E-state index in [9.17, 15) is 40.4 Å². The standard InChI is InChI=1S/C66H99Cl2NO35/c1-25-39(50(81-13)41(68)42(71)40(25)67)58(74)97-46-26(2)89-36(17-33(46)93-37-19-62(8,69(76)77)54(84-16)29(5)90-37)95-45-28(4)100-65(18-32(45)70)103-55-30(6)91-38(20-63(55,9)104-65)96-51-44(73)59(92-27(3)47(51)80-12)98-48-34(21-78-10)94-61(52(82-14)43(48)72)99-60-53(83-15)49-35(22-85-60)101-66(102-49)57-56(86-24-87-57)64(75,23-88-66)31(7)79-11/h26-38,43-49,51-57,59-61,70-73,75H,17-24H2,1-16H3. The van der Waals surface area contributed by atoms with Crippen LogP contribution in [0, 0.1) is 17.0 Å². The first kappa shape index (κ1) is 80.6. The van der Waals surface area contributed by atoms with Gasteiger partial charge < -0.3 is 153 Å². The van der Waals surface area contributed by atoms with Crippen molar-refractivity contribution in [2.75, 3.05) is 76.4 Å². The third-order valence-corrected chi connectivity index (χ3v) is 22.8. The number of aromatic hydroxyl groups is 1. The number of halogens is 2. The molecule has 0 radical (unpaired) electrons. The lowest BCUT2D eigenvalue weighted by atomic mass is 9.85. The minimum absolute atomic E-state index is 0.0107. The van der Waals surface area contributed by atoms with E-state index >= 15 is 0 Å². The highest BCUT2D eigenvalue weighted by molar-refractivity contribution is 6.39. The Labute approximate surface area is 610 Å². The zero-order valence-electron chi connectivity index (χ0n) is 60.7. The molecule has 11 aliphatic rings. The van der Waals surface area contributed by atoms with Crippen LogP contribution in [-0.4, -0.2) is 326 Å². The number of phenolic OH excluding ortho intramolecular Hbond substituents is 1. The molecule has 0 amide bonds. The fourth-order valence-corrected chi connectivity index (χ4v) is 17.1. The number of rotatable bonds is 22. The summed E-state index contributed by atoms with van der Waals surface area (Å²) in [5.41, 5.74) is -4.62. The number of nitro groups is 1. The van der Waals surface area contributed by atoms with Gasteiger partial charge in [0, 0.05) is 67.3 Å². The van der Waals surface area contributed by atoms with Crippen molar-refractivity contribution in [1.82, 2.24) is 0 Å². The van der Waals surface area contributed by atoms with E-state index in [1.165, 1.54) is 63.6 Å². The molecular weight excluding hydrogens is 1440 g/mol. The highest BCUT2D eigenvalue weighted by atomic mass is 35.5. The van der Waals surface area contributed by atoms with Gasteiger partial charge in [0.25, 0.3) is 11.5 Å². The average Bonchev–Trinajstić information content (AvgIpc) is 1.55. The Morgan fingerprint density at radius 2 is 1.34 bits per heavy atom. The number of fused-ring (bicyclic) bond motifs is 4. The maximum atomic E-state index is 14.3. The van der Waals surface area contributed by atoms with Gasteiger partial charge in [-0.25, -0.2) is 4.79 Å². The fraction of sp³-hybridized carbons (Fsp3) is 0.894. The number of hydrogen-bond donors (Lipinski definition) is 5. The maximum Gasteiger partial charge on any atom is 0.342 e. The molecule has 2 spiro atoms. The lowest BCUT2D eigenvalue weighted by Gasteiger charge is -2.49. The Bertz CT molecular complexity index is 3140. The number of aliphatic hydroxyl groups is 4. The zero-order chi connectivity index (χ0) is 75.2. The molecule has 592 valence electrons. The number of carbonyl (C=O) groups is 1. The first-order valence-electron chi connectivity index (χ1n) is 34.7. The summed E-state index contributed by atoms with van der Waals surface area (Å²) in [5, 5.41) is 71.1. The molecular formula is C66H99Cl2NO35. The van der Waals surface area contributed by atoms with Gasteiger partial charge in [-0.1, -0.05) is 23.2 Å². The van der Waals surface area contributed by atoms with Crippen LogP contribution < -0.4 is 4.74 Å². The summed E-state index contributed by atoms with van der Waals surface area (Å²) < 4.78 is 168. The fourth-order valence-electron chi connectivity index (χ4n) is 16.6. The molecule has 1 aromatic carbocycles. The molecule has 11 heterocycles. The van der Waals surface area contributed by atoms with Gasteiger partial charge in [-0.15, -0.1) is 0 Å². The van der Waals surface area contributed by atoms with E-state index < -0.39 is 230 Å². The van der Waals surface area contributed by atoms with Crippen LogP contribution in [-0.2, 0) is 123 Å². The topological polar surface area (TPSA) is 411 Å². The van der Waals surface area contributed by atoms with Crippen molar-refractivity contribution in [3.63, 3.8) is 0 Å². The summed E-state index contributed by atoms with van der Waals surface area (Å²) >= 11 is 12.8. The van der Waals surface area contributed by atoms with E-state index in [0.29, 0.717) is 0 Å². The first-order valence-corrected chi connectivity index (χ1v) is 35.5. The summed E-state index contributed by atoms with van der Waals surface area (Å²) in [6, 6.07) is 0. The molecule has 36 nitrogen and oxygen atoms in total. The highest BCUT2D eigenvalue weighted by Gasteiger charge is 2.71. The SMILES string of the molecule is COCC1OC(OC2OCC3OC4(OCC(O)(C(C)OC)C5OCOC54)OC3C2OC)C(OC)C(O)C1OC1OC(C)C(OC)C(OC2CC3(C)OC4(CC(O)C(OC5CC(OC6CC(C)([N+](=O)[O-])C(OC)C(C)O6)C(OC(=O)c6c(C)c(Cl)c(O)c(Cl)c6OC)C(C)O5)C(C)O4)OC3C(C)O2)C1O. The van der Waals surface area contributed by atoms with Gasteiger partial charge in [-0.3, -0.25) is 10.1 Å².